The number of hydrogen-bond acceptors (Lipinski definition) is 6. The zero-order valence-electron chi connectivity index (χ0n) is 19.8. The normalized spacial score (nSPS) is 24.5. The Morgan fingerprint density at radius 3 is 2.70 bits per heavy atom. The summed E-state index contributed by atoms with van der Waals surface area (Å²) >= 11 is 0. The van der Waals surface area contributed by atoms with Gasteiger partial charge >= 0.3 is 0 Å². The predicted molar refractivity (Wildman–Crippen MR) is 130 cm³/mol. The number of piperidine rings is 3. The summed E-state index contributed by atoms with van der Waals surface area (Å²) < 4.78 is 5.46. The minimum atomic E-state index is 0.479. The van der Waals surface area contributed by atoms with Crippen molar-refractivity contribution in [2.45, 2.75) is 64.0 Å². The van der Waals surface area contributed by atoms with E-state index in [4.69, 9.17) is 14.4 Å². The number of hydrogen-bond donors (Lipinski definition) is 1. The second-order valence-corrected chi connectivity index (χ2v) is 9.54. The van der Waals surface area contributed by atoms with Gasteiger partial charge in [0.05, 0.1) is 12.8 Å². The van der Waals surface area contributed by atoms with E-state index >= 15 is 0 Å². The summed E-state index contributed by atoms with van der Waals surface area (Å²) in [6, 6.07) is 10.9. The molecular weight excluding hydrogens is 410 g/mol. The van der Waals surface area contributed by atoms with Crippen molar-refractivity contribution in [3.63, 3.8) is 0 Å². The molecule has 3 fully saturated rings. The molecule has 1 N–H and O–H groups in total. The van der Waals surface area contributed by atoms with Crippen LogP contribution >= 0.6 is 0 Å². The van der Waals surface area contributed by atoms with Gasteiger partial charge in [0.15, 0.2) is 5.82 Å². The second-order valence-electron chi connectivity index (χ2n) is 9.54. The van der Waals surface area contributed by atoms with Crippen molar-refractivity contribution in [1.29, 1.82) is 0 Å². The summed E-state index contributed by atoms with van der Waals surface area (Å²) in [6.45, 7) is 8.61. The molecule has 0 spiro atoms. The molecule has 2 bridgehead atoms. The first-order valence-corrected chi connectivity index (χ1v) is 12.5. The van der Waals surface area contributed by atoms with Crippen LogP contribution in [0.5, 0.6) is 0 Å². The van der Waals surface area contributed by atoms with Crippen LogP contribution in [-0.4, -0.2) is 45.5 Å². The van der Waals surface area contributed by atoms with Gasteiger partial charge in [-0.3, -0.25) is 9.88 Å². The summed E-state index contributed by atoms with van der Waals surface area (Å²) in [7, 11) is 0. The molecule has 3 aromatic rings. The second kappa shape index (κ2) is 10.1. The minimum Gasteiger partial charge on any atom is -0.468 e. The molecule has 3 aliphatic rings. The number of pyridine rings is 1. The average Bonchev–Trinajstić information content (AvgIpc) is 3.39. The van der Waals surface area contributed by atoms with E-state index in [1.807, 2.05) is 36.7 Å². The maximum Gasteiger partial charge on any atom is 0.159 e. The number of furan rings is 1. The summed E-state index contributed by atoms with van der Waals surface area (Å²) in [5.74, 6) is 3.50. The van der Waals surface area contributed by atoms with Crippen LogP contribution in [0.3, 0.4) is 0 Å². The monoisotopic (exact) mass is 445 g/mol. The first-order valence-electron chi connectivity index (χ1n) is 12.5. The van der Waals surface area contributed by atoms with Crippen molar-refractivity contribution < 1.29 is 4.42 Å². The van der Waals surface area contributed by atoms with Gasteiger partial charge in [0.1, 0.15) is 5.76 Å². The molecular formula is C27H35N5O. The SMILES string of the molecule is CCC(CC)c1cc([C@@H]2CN3CC[C@H]2C[C@@H]3CNCc2ccco2)nc(-c2ccncc2)n1. The fraction of sp³-hybridized carbons (Fsp3) is 0.519. The Kier molecular flexibility index (Phi) is 6.83. The van der Waals surface area contributed by atoms with Gasteiger partial charge in [-0.05, 0) is 68.5 Å². The molecule has 0 radical (unpaired) electrons. The minimum absolute atomic E-state index is 0.479. The van der Waals surface area contributed by atoms with E-state index < -0.39 is 0 Å². The highest BCUT2D eigenvalue weighted by Crippen LogP contribution is 2.42. The molecule has 33 heavy (non-hydrogen) atoms. The first-order chi connectivity index (χ1) is 16.2. The van der Waals surface area contributed by atoms with Gasteiger partial charge in [-0.1, -0.05) is 13.8 Å². The molecule has 0 saturated carbocycles. The van der Waals surface area contributed by atoms with E-state index in [0.717, 1.165) is 49.6 Å². The van der Waals surface area contributed by atoms with Crippen LogP contribution < -0.4 is 5.32 Å². The summed E-state index contributed by atoms with van der Waals surface area (Å²) in [4.78, 5) is 17.0. The highest BCUT2D eigenvalue weighted by atomic mass is 16.3. The zero-order chi connectivity index (χ0) is 22.6. The molecule has 0 aliphatic carbocycles. The van der Waals surface area contributed by atoms with Crippen molar-refractivity contribution in [3.05, 3.63) is 66.1 Å². The van der Waals surface area contributed by atoms with Gasteiger partial charge in [0, 0.05) is 60.3 Å². The number of nitrogens with one attached hydrogen (secondary N) is 1. The molecule has 1 unspecified atom stereocenters. The fourth-order valence-corrected chi connectivity index (χ4v) is 5.68. The maximum atomic E-state index is 5.46. The van der Waals surface area contributed by atoms with Gasteiger partial charge in [-0.2, -0.15) is 0 Å². The zero-order valence-corrected chi connectivity index (χ0v) is 19.8. The van der Waals surface area contributed by atoms with Crippen LogP contribution in [0.25, 0.3) is 11.4 Å². The van der Waals surface area contributed by atoms with Crippen molar-refractivity contribution in [3.8, 4) is 11.4 Å². The van der Waals surface area contributed by atoms with Crippen LogP contribution in [0.2, 0.25) is 0 Å². The summed E-state index contributed by atoms with van der Waals surface area (Å²) in [6.07, 6.45) is 10.1. The topological polar surface area (TPSA) is 67.1 Å². The first kappa shape index (κ1) is 22.2. The Morgan fingerprint density at radius 2 is 2.00 bits per heavy atom. The molecule has 6 rings (SSSR count). The van der Waals surface area contributed by atoms with Crippen molar-refractivity contribution in [2.75, 3.05) is 19.6 Å². The Labute approximate surface area is 196 Å². The summed E-state index contributed by atoms with van der Waals surface area (Å²) in [5, 5.41) is 3.60. The van der Waals surface area contributed by atoms with E-state index in [2.05, 4.69) is 35.1 Å². The number of aromatic nitrogens is 3. The Bertz CT molecular complexity index is 1020. The molecule has 6 nitrogen and oxygen atoms in total. The van der Waals surface area contributed by atoms with E-state index in [0.29, 0.717) is 23.8 Å². The van der Waals surface area contributed by atoms with Crippen LogP contribution in [0.15, 0.2) is 53.4 Å². The standard InChI is InChI=1S/C27H35N5O/c1-3-19(4-2)25-15-26(31-27(30-25)20-7-10-28-11-8-20)24-18-32-12-9-21(24)14-22(32)16-29-17-23-6-5-13-33-23/h5-8,10-11,13,15,19,21-22,24,29H,3-4,9,12,14,16-18H2,1-2H3/t21-,22+,24+/m0/s1. The van der Waals surface area contributed by atoms with Crippen molar-refractivity contribution >= 4 is 0 Å². The van der Waals surface area contributed by atoms with Gasteiger partial charge in [-0.15, -0.1) is 0 Å². The molecule has 3 aliphatic heterocycles. The number of rotatable bonds is 9. The Balaban J connectivity index is 1.35. The third-order valence-corrected chi connectivity index (χ3v) is 7.63. The van der Waals surface area contributed by atoms with Crippen LogP contribution in [0, 0.1) is 5.92 Å². The van der Waals surface area contributed by atoms with Gasteiger partial charge in [0.25, 0.3) is 0 Å². The lowest BCUT2D eigenvalue weighted by Gasteiger charge is -2.50. The van der Waals surface area contributed by atoms with Gasteiger partial charge < -0.3 is 9.73 Å². The molecule has 0 amide bonds. The third kappa shape index (κ3) is 4.87. The van der Waals surface area contributed by atoms with Crippen molar-refractivity contribution in [1.82, 2.24) is 25.2 Å². The van der Waals surface area contributed by atoms with Gasteiger partial charge in [-0.25, -0.2) is 9.97 Å². The van der Waals surface area contributed by atoms with E-state index in [-0.39, 0.29) is 0 Å². The lowest BCUT2D eigenvalue weighted by molar-refractivity contribution is 0.0290. The van der Waals surface area contributed by atoms with E-state index in [1.54, 1.807) is 6.26 Å². The van der Waals surface area contributed by atoms with E-state index in [1.165, 1.54) is 30.8 Å². The molecule has 6 heterocycles. The quantitative estimate of drug-likeness (QED) is 0.500. The molecule has 3 saturated heterocycles. The van der Waals surface area contributed by atoms with Gasteiger partial charge in [0.2, 0.25) is 0 Å². The molecule has 174 valence electrons. The average molecular weight is 446 g/mol. The highest BCUT2D eigenvalue weighted by molar-refractivity contribution is 5.54. The number of fused-ring (bicyclic) bond motifs is 3. The van der Waals surface area contributed by atoms with Crippen LogP contribution in [-0.2, 0) is 6.54 Å². The molecule has 3 aromatic heterocycles. The lowest BCUT2D eigenvalue weighted by atomic mass is 9.74. The Morgan fingerprint density at radius 1 is 1.15 bits per heavy atom. The molecule has 0 aromatic carbocycles. The third-order valence-electron chi connectivity index (χ3n) is 7.63. The van der Waals surface area contributed by atoms with Crippen LogP contribution in [0.4, 0.5) is 0 Å². The van der Waals surface area contributed by atoms with Crippen LogP contribution in [0.1, 0.15) is 68.5 Å². The van der Waals surface area contributed by atoms with E-state index in [9.17, 15) is 0 Å². The molecule has 4 atom stereocenters. The Hall–Kier alpha value is -2.57. The molecule has 6 heteroatoms. The van der Waals surface area contributed by atoms with Crippen molar-refractivity contribution in [2.24, 2.45) is 5.92 Å². The largest absolute Gasteiger partial charge is 0.468 e. The lowest BCUT2D eigenvalue weighted by Crippen LogP contribution is -2.55. The predicted octanol–water partition coefficient (Wildman–Crippen LogP) is 5.00. The fourth-order valence-electron chi connectivity index (χ4n) is 5.68. The summed E-state index contributed by atoms with van der Waals surface area (Å²) in [5.41, 5.74) is 3.49. The highest BCUT2D eigenvalue weighted by Gasteiger charge is 2.41. The smallest absolute Gasteiger partial charge is 0.159 e. The maximum absolute atomic E-state index is 5.46. The number of nitrogens with zero attached hydrogens (tertiary/aromatic N) is 4.